The van der Waals surface area contributed by atoms with Gasteiger partial charge in [0.05, 0.1) is 5.56 Å². The molecule has 2 rings (SSSR count). The number of carbonyl (C=O) groups is 1. The molecule has 21 heavy (non-hydrogen) atoms. The molecule has 0 aliphatic rings. The Bertz CT molecular complexity index is 689. The highest BCUT2D eigenvalue weighted by molar-refractivity contribution is 9.10. The lowest BCUT2D eigenvalue weighted by Gasteiger charge is -2.14. The van der Waals surface area contributed by atoms with E-state index in [0.29, 0.717) is 5.75 Å². The number of aromatic carboxylic acids is 1. The number of ether oxygens (including phenoxy) is 1. The molecule has 110 valence electrons. The van der Waals surface area contributed by atoms with Gasteiger partial charge in [0, 0.05) is 10.5 Å². The molecule has 0 aliphatic carbocycles. The maximum Gasteiger partial charge on any atom is 0.335 e. The minimum Gasteiger partial charge on any atom is -0.478 e. The predicted octanol–water partition coefficient (Wildman–Crippen LogP) is 5.11. The lowest BCUT2D eigenvalue weighted by atomic mass is 10.0. The van der Waals surface area contributed by atoms with Gasteiger partial charge in [0.2, 0.25) is 5.88 Å². The average Bonchev–Trinajstić information content (AvgIpc) is 2.40. The third-order valence-corrected chi connectivity index (χ3v) is 3.51. The van der Waals surface area contributed by atoms with Gasteiger partial charge in [-0.3, -0.25) is 0 Å². The molecular weight excluding hydrogens is 358 g/mol. The molecule has 0 aliphatic heterocycles. The molecule has 4 nitrogen and oxygen atoms in total. The van der Waals surface area contributed by atoms with Crippen molar-refractivity contribution in [2.75, 3.05) is 0 Å². The number of benzene rings is 1. The molecule has 0 saturated carbocycles. The number of halogens is 2. The van der Waals surface area contributed by atoms with Crippen LogP contribution in [0.1, 0.15) is 35.7 Å². The van der Waals surface area contributed by atoms with E-state index in [1.807, 2.05) is 32.0 Å². The van der Waals surface area contributed by atoms with Crippen molar-refractivity contribution < 1.29 is 14.6 Å². The highest BCUT2D eigenvalue weighted by atomic mass is 79.9. The Hall–Kier alpha value is -1.59. The number of rotatable bonds is 4. The van der Waals surface area contributed by atoms with Crippen LogP contribution in [-0.4, -0.2) is 16.1 Å². The van der Waals surface area contributed by atoms with E-state index in [0.717, 1.165) is 10.0 Å². The van der Waals surface area contributed by atoms with E-state index in [-0.39, 0.29) is 22.5 Å². The molecule has 0 saturated heterocycles. The SMILES string of the molecule is CC(C)c1cc(Br)ccc1Oc1cc(C(=O)O)cc(Cl)n1. The van der Waals surface area contributed by atoms with Crippen LogP contribution in [0.3, 0.4) is 0 Å². The van der Waals surface area contributed by atoms with Crippen molar-refractivity contribution >= 4 is 33.5 Å². The van der Waals surface area contributed by atoms with E-state index in [1.54, 1.807) is 0 Å². The van der Waals surface area contributed by atoms with Gasteiger partial charge in [-0.05, 0) is 35.7 Å². The van der Waals surface area contributed by atoms with Crippen LogP contribution in [0.15, 0.2) is 34.8 Å². The maximum absolute atomic E-state index is 11.0. The normalized spacial score (nSPS) is 10.7. The quantitative estimate of drug-likeness (QED) is 0.760. The first-order chi connectivity index (χ1) is 9.86. The highest BCUT2D eigenvalue weighted by Crippen LogP contribution is 2.33. The second-order valence-electron chi connectivity index (χ2n) is 4.76. The number of hydrogen-bond acceptors (Lipinski definition) is 3. The zero-order valence-corrected chi connectivity index (χ0v) is 13.8. The summed E-state index contributed by atoms with van der Waals surface area (Å²) in [4.78, 5) is 15.0. The van der Waals surface area contributed by atoms with Gasteiger partial charge >= 0.3 is 5.97 Å². The van der Waals surface area contributed by atoms with Crippen LogP contribution in [0.25, 0.3) is 0 Å². The van der Waals surface area contributed by atoms with E-state index < -0.39 is 5.97 Å². The van der Waals surface area contributed by atoms with Crippen LogP contribution in [0.2, 0.25) is 5.15 Å². The molecule has 1 heterocycles. The summed E-state index contributed by atoms with van der Waals surface area (Å²) in [5, 5.41) is 9.11. The summed E-state index contributed by atoms with van der Waals surface area (Å²) in [6, 6.07) is 8.25. The maximum atomic E-state index is 11.0. The first kappa shape index (κ1) is 15.8. The molecule has 0 bridgehead atoms. The molecule has 1 aromatic carbocycles. The van der Waals surface area contributed by atoms with Gasteiger partial charge < -0.3 is 9.84 Å². The lowest BCUT2D eigenvalue weighted by molar-refractivity contribution is 0.0696. The zero-order valence-electron chi connectivity index (χ0n) is 11.4. The van der Waals surface area contributed by atoms with Crippen molar-refractivity contribution in [2.24, 2.45) is 0 Å². The predicted molar refractivity (Wildman–Crippen MR) is 84.5 cm³/mol. The largest absolute Gasteiger partial charge is 0.478 e. The zero-order chi connectivity index (χ0) is 15.6. The van der Waals surface area contributed by atoms with E-state index >= 15 is 0 Å². The van der Waals surface area contributed by atoms with E-state index in [2.05, 4.69) is 20.9 Å². The summed E-state index contributed by atoms with van der Waals surface area (Å²) in [7, 11) is 0. The average molecular weight is 371 g/mol. The van der Waals surface area contributed by atoms with Crippen LogP contribution in [0.5, 0.6) is 11.6 Å². The van der Waals surface area contributed by atoms with Crippen molar-refractivity contribution in [3.05, 3.63) is 51.1 Å². The van der Waals surface area contributed by atoms with Crippen LogP contribution >= 0.6 is 27.5 Å². The Morgan fingerprint density at radius 1 is 1.33 bits per heavy atom. The number of pyridine rings is 1. The number of nitrogens with zero attached hydrogens (tertiary/aromatic N) is 1. The highest BCUT2D eigenvalue weighted by Gasteiger charge is 2.13. The standard InChI is InChI=1S/C15H13BrClNO3/c1-8(2)11-7-10(16)3-4-12(11)21-14-6-9(15(19)20)5-13(17)18-14/h3-8H,1-2H3,(H,19,20). The Kier molecular flexibility index (Phi) is 4.85. The van der Waals surface area contributed by atoms with Crippen molar-refractivity contribution in [1.29, 1.82) is 0 Å². The molecule has 0 atom stereocenters. The van der Waals surface area contributed by atoms with Crippen molar-refractivity contribution in [1.82, 2.24) is 4.98 Å². The summed E-state index contributed by atoms with van der Waals surface area (Å²) >= 11 is 9.25. The Morgan fingerprint density at radius 2 is 2.05 bits per heavy atom. The third kappa shape index (κ3) is 3.95. The lowest BCUT2D eigenvalue weighted by Crippen LogP contribution is -2.00. The Labute approximate surface area is 135 Å². The van der Waals surface area contributed by atoms with Gasteiger partial charge in [-0.1, -0.05) is 41.4 Å². The molecule has 0 fully saturated rings. The summed E-state index contributed by atoms with van der Waals surface area (Å²) < 4.78 is 6.67. The number of aromatic nitrogens is 1. The molecule has 0 spiro atoms. The third-order valence-electron chi connectivity index (χ3n) is 2.83. The molecular formula is C15H13BrClNO3. The molecule has 0 radical (unpaired) electrons. The summed E-state index contributed by atoms with van der Waals surface area (Å²) in [5.41, 5.74) is 1.02. The van der Waals surface area contributed by atoms with Crippen LogP contribution in [-0.2, 0) is 0 Å². The van der Waals surface area contributed by atoms with Crippen LogP contribution in [0, 0.1) is 0 Å². The molecule has 6 heteroatoms. The van der Waals surface area contributed by atoms with E-state index in [1.165, 1.54) is 12.1 Å². The second kappa shape index (κ2) is 6.45. The van der Waals surface area contributed by atoms with Crippen molar-refractivity contribution in [2.45, 2.75) is 19.8 Å². The fourth-order valence-corrected chi connectivity index (χ4v) is 2.40. The first-order valence-electron chi connectivity index (χ1n) is 6.25. The van der Waals surface area contributed by atoms with E-state index in [4.69, 9.17) is 21.4 Å². The van der Waals surface area contributed by atoms with Crippen molar-refractivity contribution in [3.63, 3.8) is 0 Å². The van der Waals surface area contributed by atoms with Gasteiger partial charge in [0.1, 0.15) is 10.9 Å². The van der Waals surface area contributed by atoms with Gasteiger partial charge in [0.15, 0.2) is 0 Å². The van der Waals surface area contributed by atoms with Crippen LogP contribution in [0.4, 0.5) is 0 Å². The number of carboxylic acid groups (broad SMARTS) is 1. The van der Waals surface area contributed by atoms with Crippen LogP contribution < -0.4 is 4.74 Å². The Balaban J connectivity index is 2.40. The summed E-state index contributed by atoms with van der Waals surface area (Å²) in [5.74, 6) is -0.0527. The summed E-state index contributed by atoms with van der Waals surface area (Å²) in [6.07, 6.45) is 0. The molecule has 1 aromatic heterocycles. The molecule has 0 amide bonds. The molecule has 2 aromatic rings. The Morgan fingerprint density at radius 3 is 2.67 bits per heavy atom. The minimum absolute atomic E-state index is 0.0354. The summed E-state index contributed by atoms with van der Waals surface area (Å²) in [6.45, 7) is 4.09. The molecule has 0 unspecified atom stereocenters. The monoisotopic (exact) mass is 369 g/mol. The number of carboxylic acids is 1. The van der Waals surface area contributed by atoms with Gasteiger partial charge in [-0.15, -0.1) is 0 Å². The fraction of sp³-hybridized carbons (Fsp3) is 0.200. The molecule has 1 N–H and O–H groups in total. The van der Waals surface area contributed by atoms with Gasteiger partial charge in [-0.25, -0.2) is 9.78 Å². The van der Waals surface area contributed by atoms with E-state index in [9.17, 15) is 4.79 Å². The van der Waals surface area contributed by atoms with Gasteiger partial charge in [-0.2, -0.15) is 0 Å². The topological polar surface area (TPSA) is 59.4 Å². The number of hydrogen-bond donors (Lipinski definition) is 1. The second-order valence-corrected chi connectivity index (χ2v) is 6.06. The first-order valence-corrected chi connectivity index (χ1v) is 7.42. The van der Waals surface area contributed by atoms with Crippen molar-refractivity contribution in [3.8, 4) is 11.6 Å². The smallest absolute Gasteiger partial charge is 0.335 e. The fourth-order valence-electron chi connectivity index (χ4n) is 1.82. The minimum atomic E-state index is -1.08. The van der Waals surface area contributed by atoms with Gasteiger partial charge in [0.25, 0.3) is 0 Å².